The first-order valence-electron chi connectivity index (χ1n) is 5.36. The molecule has 0 aliphatic carbocycles. The van der Waals surface area contributed by atoms with E-state index in [1.54, 1.807) is 18.2 Å². The summed E-state index contributed by atoms with van der Waals surface area (Å²) in [5, 5.41) is 3.08. The molecule has 15 heavy (non-hydrogen) atoms. The van der Waals surface area contributed by atoms with Crippen molar-refractivity contribution in [3.8, 4) is 5.75 Å². The molecule has 0 fully saturated rings. The summed E-state index contributed by atoms with van der Waals surface area (Å²) in [5.41, 5.74) is 0. The molecule has 3 heteroatoms. The fourth-order valence-corrected chi connectivity index (χ4v) is 1.32. The number of rotatable bonds is 7. The van der Waals surface area contributed by atoms with Gasteiger partial charge in [-0.2, -0.15) is 0 Å². The zero-order valence-corrected chi connectivity index (χ0v) is 9.13. The van der Waals surface area contributed by atoms with Crippen LogP contribution >= 0.6 is 0 Å². The van der Waals surface area contributed by atoms with Crippen LogP contribution in [0.15, 0.2) is 24.3 Å². The number of hydrogen-bond donors (Lipinski definition) is 1. The Hall–Kier alpha value is -1.09. The molecule has 0 heterocycles. The van der Waals surface area contributed by atoms with Crippen molar-refractivity contribution in [2.24, 2.45) is 0 Å². The first kappa shape index (κ1) is 12.0. The van der Waals surface area contributed by atoms with Gasteiger partial charge >= 0.3 is 0 Å². The molecule has 0 atom stereocenters. The highest BCUT2D eigenvalue weighted by molar-refractivity contribution is 5.23. The van der Waals surface area contributed by atoms with Crippen LogP contribution in [0, 0.1) is 5.82 Å². The van der Waals surface area contributed by atoms with Gasteiger partial charge < -0.3 is 10.1 Å². The van der Waals surface area contributed by atoms with Crippen LogP contribution in [0.2, 0.25) is 0 Å². The molecule has 1 aromatic carbocycles. The quantitative estimate of drug-likeness (QED) is 0.700. The van der Waals surface area contributed by atoms with E-state index in [-0.39, 0.29) is 5.82 Å². The van der Waals surface area contributed by atoms with Crippen molar-refractivity contribution in [1.29, 1.82) is 0 Å². The Balaban J connectivity index is 2.12. The third-order valence-corrected chi connectivity index (χ3v) is 2.17. The van der Waals surface area contributed by atoms with Crippen molar-refractivity contribution in [3.05, 3.63) is 30.1 Å². The van der Waals surface area contributed by atoms with Gasteiger partial charge in [0.1, 0.15) is 0 Å². The number of nitrogens with one attached hydrogen (secondary N) is 1. The Morgan fingerprint density at radius 3 is 2.73 bits per heavy atom. The molecule has 0 saturated carbocycles. The Bertz CT molecular complexity index is 278. The number of para-hydroxylation sites is 1. The van der Waals surface area contributed by atoms with Crippen molar-refractivity contribution in [2.45, 2.75) is 19.3 Å². The largest absolute Gasteiger partial charge is 0.491 e. The standard InChI is InChI=1S/C12H18FNO/c1-14-9-5-2-6-10-15-12-8-4-3-7-11(12)13/h3-4,7-8,14H,2,5-6,9-10H2,1H3. The number of hydrogen-bond acceptors (Lipinski definition) is 2. The Morgan fingerprint density at radius 1 is 1.20 bits per heavy atom. The van der Waals surface area contributed by atoms with Gasteiger partial charge in [0.15, 0.2) is 11.6 Å². The van der Waals surface area contributed by atoms with E-state index in [1.165, 1.54) is 6.07 Å². The second-order valence-electron chi connectivity index (χ2n) is 3.44. The fraction of sp³-hybridized carbons (Fsp3) is 0.500. The third-order valence-electron chi connectivity index (χ3n) is 2.17. The van der Waals surface area contributed by atoms with Gasteiger partial charge in [0.05, 0.1) is 6.61 Å². The SMILES string of the molecule is CNCCCCCOc1ccccc1F. The maximum Gasteiger partial charge on any atom is 0.165 e. The van der Waals surface area contributed by atoms with Crippen LogP contribution < -0.4 is 10.1 Å². The summed E-state index contributed by atoms with van der Waals surface area (Å²) in [6.45, 7) is 1.62. The molecule has 0 bridgehead atoms. The lowest BCUT2D eigenvalue weighted by Gasteiger charge is -2.06. The molecule has 0 unspecified atom stereocenters. The summed E-state index contributed by atoms with van der Waals surface area (Å²) in [6, 6.07) is 6.51. The Kier molecular flexibility index (Phi) is 5.78. The van der Waals surface area contributed by atoms with E-state index in [9.17, 15) is 4.39 Å². The Morgan fingerprint density at radius 2 is 2.00 bits per heavy atom. The van der Waals surface area contributed by atoms with Crippen molar-refractivity contribution >= 4 is 0 Å². The summed E-state index contributed by atoms with van der Waals surface area (Å²) in [6.07, 6.45) is 3.21. The number of halogens is 1. The molecule has 0 amide bonds. The summed E-state index contributed by atoms with van der Waals surface area (Å²) >= 11 is 0. The smallest absolute Gasteiger partial charge is 0.165 e. The number of ether oxygens (including phenoxy) is 1. The molecule has 0 aliphatic rings. The van der Waals surface area contributed by atoms with E-state index in [2.05, 4.69) is 5.32 Å². The van der Waals surface area contributed by atoms with Gasteiger partial charge in [-0.25, -0.2) is 4.39 Å². The average molecular weight is 211 g/mol. The van der Waals surface area contributed by atoms with E-state index in [1.807, 2.05) is 7.05 Å². The first-order chi connectivity index (χ1) is 7.34. The monoisotopic (exact) mass is 211 g/mol. The van der Waals surface area contributed by atoms with Gasteiger partial charge in [-0.1, -0.05) is 12.1 Å². The number of unbranched alkanes of at least 4 members (excludes halogenated alkanes) is 2. The van der Waals surface area contributed by atoms with Gasteiger partial charge in [-0.15, -0.1) is 0 Å². The van der Waals surface area contributed by atoms with Crippen LogP contribution in [-0.4, -0.2) is 20.2 Å². The maximum absolute atomic E-state index is 13.1. The van der Waals surface area contributed by atoms with Crippen LogP contribution in [0.25, 0.3) is 0 Å². The normalized spacial score (nSPS) is 10.3. The summed E-state index contributed by atoms with van der Waals surface area (Å²) in [7, 11) is 1.94. The molecule has 1 rings (SSSR count). The van der Waals surface area contributed by atoms with Crippen molar-refractivity contribution in [2.75, 3.05) is 20.2 Å². The van der Waals surface area contributed by atoms with Crippen LogP contribution in [0.5, 0.6) is 5.75 Å². The minimum Gasteiger partial charge on any atom is -0.491 e. The topological polar surface area (TPSA) is 21.3 Å². The molecule has 0 aromatic heterocycles. The molecular formula is C12H18FNO. The predicted octanol–water partition coefficient (Wildman–Crippen LogP) is 2.59. The highest BCUT2D eigenvalue weighted by Gasteiger charge is 1.99. The zero-order valence-electron chi connectivity index (χ0n) is 9.13. The van der Waals surface area contributed by atoms with Gasteiger partial charge in [-0.05, 0) is 45.0 Å². The number of benzene rings is 1. The Labute approximate surface area is 90.4 Å². The minimum absolute atomic E-state index is 0.285. The van der Waals surface area contributed by atoms with Gasteiger partial charge in [0.2, 0.25) is 0 Å². The van der Waals surface area contributed by atoms with Crippen LogP contribution in [0.1, 0.15) is 19.3 Å². The molecular weight excluding hydrogens is 193 g/mol. The van der Waals surface area contributed by atoms with Gasteiger partial charge in [-0.3, -0.25) is 0 Å². The van der Waals surface area contributed by atoms with E-state index in [0.29, 0.717) is 12.4 Å². The molecule has 1 aromatic rings. The molecule has 1 N–H and O–H groups in total. The van der Waals surface area contributed by atoms with E-state index >= 15 is 0 Å². The van der Waals surface area contributed by atoms with E-state index in [0.717, 1.165) is 25.8 Å². The highest BCUT2D eigenvalue weighted by Crippen LogP contribution is 2.15. The van der Waals surface area contributed by atoms with Crippen molar-refractivity contribution in [3.63, 3.8) is 0 Å². The van der Waals surface area contributed by atoms with E-state index < -0.39 is 0 Å². The lowest BCUT2D eigenvalue weighted by atomic mass is 10.2. The van der Waals surface area contributed by atoms with Crippen molar-refractivity contribution < 1.29 is 9.13 Å². The summed E-state index contributed by atoms with van der Waals surface area (Å²) < 4.78 is 18.4. The lowest BCUT2D eigenvalue weighted by molar-refractivity contribution is 0.290. The summed E-state index contributed by atoms with van der Waals surface area (Å²) in [5.74, 6) is 0.0684. The minimum atomic E-state index is -0.285. The van der Waals surface area contributed by atoms with Gasteiger partial charge in [0, 0.05) is 0 Å². The van der Waals surface area contributed by atoms with E-state index in [4.69, 9.17) is 4.74 Å². The molecule has 2 nitrogen and oxygen atoms in total. The first-order valence-corrected chi connectivity index (χ1v) is 5.36. The predicted molar refractivity (Wildman–Crippen MR) is 59.7 cm³/mol. The van der Waals surface area contributed by atoms with Crippen LogP contribution in [0.3, 0.4) is 0 Å². The molecule has 0 aliphatic heterocycles. The third kappa shape index (κ3) is 4.79. The molecule has 0 saturated heterocycles. The van der Waals surface area contributed by atoms with Crippen molar-refractivity contribution in [1.82, 2.24) is 5.32 Å². The van der Waals surface area contributed by atoms with Crippen LogP contribution in [0.4, 0.5) is 4.39 Å². The fourth-order valence-electron chi connectivity index (χ4n) is 1.32. The average Bonchev–Trinajstić information content (AvgIpc) is 2.25. The summed E-state index contributed by atoms with van der Waals surface area (Å²) in [4.78, 5) is 0. The molecule has 84 valence electrons. The molecule has 0 spiro atoms. The lowest BCUT2D eigenvalue weighted by Crippen LogP contribution is -2.08. The zero-order chi connectivity index (χ0) is 10.9. The molecule has 0 radical (unpaired) electrons. The maximum atomic E-state index is 13.1. The van der Waals surface area contributed by atoms with Gasteiger partial charge in [0.25, 0.3) is 0 Å². The highest BCUT2D eigenvalue weighted by atomic mass is 19.1. The van der Waals surface area contributed by atoms with Crippen LogP contribution in [-0.2, 0) is 0 Å². The second kappa shape index (κ2) is 7.23. The second-order valence-corrected chi connectivity index (χ2v) is 3.44.